The van der Waals surface area contributed by atoms with E-state index in [0.29, 0.717) is 16.2 Å². The first-order valence-electron chi connectivity index (χ1n) is 35.1. The molecule has 0 atom stereocenters. The van der Waals surface area contributed by atoms with E-state index in [4.69, 9.17) is 0 Å². The number of benzene rings is 10. The van der Waals surface area contributed by atoms with Crippen LogP contribution < -0.4 is 9.80 Å². The third-order valence-electron chi connectivity index (χ3n) is 13.0. The minimum atomic E-state index is -0.513. The summed E-state index contributed by atoms with van der Waals surface area (Å²) < 4.78 is 0. The average molecular weight is 1540 g/mol. The van der Waals surface area contributed by atoms with Crippen LogP contribution in [0.4, 0.5) is 28.4 Å². The number of rotatable bonds is 4. The summed E-state index contributed by atoms with van der Waals surface area (Å²) in [4.78, 5) is 4.84. The van der Waals surface area contributed by atoms with E-state index in [9.17, 15) is 0 Å². The largest absolute Gasteiger partial charge is 0.336 e. The minimum absolute atomic E-state index is 0. The molecule has 0 spiro atoms. The van der Waals surface area contributed by atoms with Crippen LogP contribution in [-0.4, -0.2) is 5.54 Å². The summed E-state index contributed by atoms with van der Waals surface area (Å²) in [7, 11) is 0. The third-order valence-corrected chi connectivity index (χ3v) is 13.0. The quantitative estimate of drug-likeness (QED) is 0.162. The Hall–Kier alpha value is -4.89. The zero-order chi connectivity index (χ0) is 71.9. The maximum absolute atomic E-state index is 3.58. The summed E-state index contributed by atoms with van der Waals surface area (Å²) in [6.07, 6.45) is 0. The molecule has 2 aliphatic rings. The fourth-order valence-corrected chi connectivity index (χ4v) is 9.98. The number of nitrogens with zero attached hydrogens (tertiary/aromatic N) is 2. The van der Waals surface area contributed by atoms with E-state index in [-0.39, 0.29) is 109 Å². The SMILES string of the molecule is CC.CC.CC.CC.CC.CC(C)(C)C.CC(C)(C)C.CC(C)(C)C.CC1(C)c2ccccc2N(C(C)(C)C)c2ccccc21.[Y].[Y].[Y].[c-]1ccccc1-c1[c-]cccc1.[c-]1ccccc1C1(c2[c-]cccc2)c2ccccc2N(c2ccccc2)c2ccccc21.c1ccccc1. The molecule has 0 amide bonds. The molecule has 0 unspecified atom stereocenters. The Labute approximate surface area is 678 Å². The van der Waals surface area contributed by atoms with Gasteiger partial charge in [-0.15, -0.1) is 23.3 Å². The van der Waals surface area contributed by atoms with Crippen molar-refractivity contribution in [3.05, 3.63) is 318 Å². The monoisotopic (exact) mass is 1540 g/mol. The van der Waals surface area contributed by atoms with Crippen LogP contribution in [0.3, 0.4) is 0 Å². The molecule has 10 aromatic carbocycles. The van der Waals surface area contributed by atoms with Gasteiger partial charge in [-0.1, -0.05) is 294 Å². The molecule has 12 rings (SSSR count). The van der Waals surface area contributed by atoms with Gasteiger partial charge < -0.3 is 9.80 Å². The van der Waals surface area contributed by atoms with Crippen LogP contribution >= 0.6 is 0 Å². The Kier molecular flexibility index (Phi) is 50.1. The molecule has 2 nitrogen and oxygen atoms in total. The van der Waals surface area contributed by atoms with Crippen molar-refractivity contribution in [3.63, 3.8) is 0 Å². The van der Waals surface area contributed by atoms with Gasteiger partial charge in [0.1, 0.15) is 0 Å². The number of hydrogen-bond acceptors (Lipinski definition) is 2. The normalized spacial score (nSPS) is 11.7. The summed E-state index contributed by atoms with van der Waals surface area (Å²) in [5.41, 5.74) is 17.0. The van der Waals surface area contributed by atoms with Crippen LogP contribution in [0.2, 0.25) is 0 Å². The van der Waals surface area contributed by atoms with Crippen molar-refractivity contribution in [1.82, 2.24) is 0 Å². The van der Waals surface area contributed by atoms with Crippen LogP contribution in [0.25, 0.3) is 11.1 Å². The van der Waals surface area contributed by atoms with Crippen LogP contribution in [0, 0.1) is 40.5 Å². The number of para-hydroxylation sites is 5. The number of fused-ring (bicyclic) bond motifs is 4. The number of anilines is 5. The fourth-order valence-electron chi connectivity index (χ4n) is 9.98. The van der Waals surface area contributed by atoms with Crippen molar-refractivity contribution in [2.75, 3.05) is 9.80 Å². The molecule has 0 aromatic heterocycles. The molecule has 2 aliphatic heterocycles. The maximum atomic E-state index is 3.58. The molecule has 0 N–H and O–H groups in total. The van der Waals surface area contributed by atoms with Gasteiger partial charge in [0.05, 0.1) is 11.4 Å². The second-order valence-corrected chi connectivity index (χ2v) is 27.9. The third kappa shape index (κ3) is 32.4. The van der Waals surface area contributed by atoms with Gasteiger partial charge in [0.2, 0.25) is 0 Å². The summed E-state index contributed by atoms with van der Waals surface area (Å²) in [6, 6.07) is 104. The predicted molar refractivity (Wildman–Crippen MR) is 426 cm³/mol. The predicted octanol–water partition coefficient (Wildman–Crippen LogP) is 28.6. The molecular weight excluding hydrogens is 1410 g/mol. The molecule has 0 saturated heterocycles. The van der Waals surface area contributed by atoms with Crippen molar-refractivity contribution < 1.29 is 98.1 Å². The van der Waals surface area contributed by atoms with Crippen molar-refractivity contribution in [3.8, 4) is 11.1 Å². The Morgan fingerprint density at radius 2 is 0.500 bits per heavy atom. The molecular formula is C93H124N2Y3-4. The van der Waals surface area contributed by atoms with Gasteiger partial charge in [-0.2, -0.15) is 109 Å². The number of hydrogen-bond donors (Lipinski definition) is 0. The topological polar surface area (TPSA) is 6.48 Å². The van der Waals surface area contributed by atoms with Gasteiger partial charge in [-0.25, -0.2) is 11.1 Å². The first kappa shape index (κ1) is 97.3. The van der Waals surface area contributed by atoms with E-state index in [1.54, 1.807) is 0 Å². The molecule has 519 valence electrons. The van der Waals surface area contributed by atoms with E-state index < -0.39 is 5.41 Å². The minimum Gasteiger partial charge on any atom is -0.336 e. The Morgan fingerprint density at radius 3 is 0.765 bits per heavy atom. The average Bonchev–Trinajstić information content (AvgIpc) is 0.707. The van der Waals surface area contributed by atoms with Gasteiger partial charge in [0.25, 0.3) is 0 Å². The van der Waals surface area contributed by atoms with E-state index in [2.05, 4.69) is 303 Å². The second-order valence-electron chi connectivity index (χ2n) is 27.9. The first-order chi connectivity index (χ1) is 45.2. The molecule has 0 aliphatic carbocycles. The zero-order valence-electron chi connectivity index (χ0n) is 66.0. The van der Waals surface area contributed by atoms with Crippen LogP contribution in [0.5, 0.6) is 0 Å². The van der Waals surface area contributed by atoms with E-state index >= 15 is 0 Å². The van der Waals surface area contributed by atoms with Gasteiger partial charge in [-0.05, 0) is 95.7 Å². The molecule has 2 heterocycles. The second kappa shape index (κ2) is 50.5. The molecule has 3 radical (unpaired) electrons. The van der Waals surface area contributed by atoms with Crippen molar-refractivity contribution in [2.45, 2.75) is 203 Å². The summed E-state index contributed by atoms with van der Waals surface area (Å²) in [5, 5.41) is 0. The zero-order valence-corrected chi connectivity index (χ0v) is 74.5. The molecule has 0 fully saturated rings. The van der Waals surface area contributed by atoms with Crippen molar-refractivity contribution in [1.29, 1.82) is 0 Å². The summed E-state index contributed by atoms with van der Waals surface area (Å²) >= 11 is 0. The van der Waals surface area contributed by atoms with E-state index in [0.717, 1.165) is 27.9 Å². The molecule has 98 heavy (non-hydrogen) atoms. The molecule has 0 saturated carbocycles. The summed E-state index contributed by atoms with van der Waals surface area (Å²) in [6.45, 7) is 57.7. The Morgan fingerprint density at radius 1 is 0.265 bits per heavy atom. The van der Waals surface area contributed by atoms with Gasteiger partial charge >= 0.3 is 0 Å². The Balaban J connectivity index is -0.00000118. The fraction of sp³-hybridized carbons (Fsp3) is 0.355. The maximum Gasteiger partial charge on any atom is 0.0508 e. The van der Waals surface area contributed by atoms with Crippen LogP contribution in [0.1, 0.15) is 220 Å². The van der Waals surface area contributed by atoms with E-state index in [1.165, 1.54) is 45.0 Å². The van der Waals surface area contributed by atoms with Crippen LogP contribution in [0.15, 0.2) is 261 Å². The molecule has 5 heteroatoms. The molecule has 10 aromatic rings. The molecule has 0 bridgehead atoms. The van der Waals surface area contributed by atoms with Crippen LogP contribution in [-0.2, 0) is 109 Å². The Bertz CT molecular complexity index is 3270. The first-order valence-corrected chi connectivity index (χ1v) is 35.1. The van der Waals surface area contributed by atoms with Gasteiger partial charge in [0.15, 0.2) is 0 Å². The summed E-state index contributed by atoms with van der Waals surface area (Å²) in [5.74, 6) is 0. The van der Waals surface area contributed by atoms with E-state index in [1.807, 2.05) is 178 Å². The van der Waals surface area contributed by atoms with Gasteiger partial charge in [0, 0.05) is 132 Å². The smallest absolute Gasteiger partial charge is 0.0508 e. The standard InChI is InChI=1S/C31H21N.C19H23N.C12H8.C6H6.3C5H12.5C2H6.3Y/c1-4-14-24(15-5-1)31(25-16-6-2-7-17-25)27-20-10-12-22-29(27)32(26-18-8-3-9-19-26)30-23-13-11-21-28(30)31;1-18(2,3)20-16-12-8-6-10-14(16)19(4,5)15-11-7-9-13-17(15)20;1-3-7-11(8-4-1)12-9-5-2-6-10-12;1-2-4-6-5-3-1;3*1-5(2,3)4;5*1-2;;;/h1-14,16,18-23H;6-13H,1-5H3;1-7,9H;1-6H;3*1-4H3;5*1-2H3;;;/q-2;;-2;;;;;;;;;;;;. The van der Waals surface area contributed by atoms with Gasteiger partial charge in [-0.3, -0.25) is 0 Å². The van der Waals surface area contributed by atoms with Crippen molar-refractivity contribution >= 4 is 28.4 Å². The van der Waals surface area contributed by atoms with Crippen molar-refractivity contribution in [2.24, 2.45) is 16.2 Å².